The highest BCUT2D eigenvalue weighted by Gasteiger charge is 2.02. The van der Waals surface area contributed by atoms with Crippen molar-refractivity contribution in [1.29, 1.82) is 0 Å². The van der Waals surface area contributed by atoms with Crippen LogP contribution in [0.25, 0.3) is 0 Å². The van der Waals surface area contributed by atoms with Crippen molar-refractivity contribution >= 4 is 17.9 Å². The van der Waals surface area contributed by atoms with Crippen molar-refractivity contribution in [2.75, 3.05) is 5.43 Å². The van der Waals surface area contributed by atoms with E-state index < -0.39 is 4.92 Å². The van der Waals surface area contributed by atoms with Crippen LogP contribution in [0.5, 0.6) is 0 Å². The molecule has 0 aliphatic carbocycles. The highest BCUT2D eigenvalue weighted by molar-refractivity contribution is 5.80. The first-order chi connectivity index (χ1) is 9.54. The van der Waals surface area contributed by atoms with Crippen molar-refractivity contribution in [3.63, 3.8) is 0 Å². The minimum absolute atomic E-state index is 0.0137. The number of hydrogen-bond donors (Lipinski definition) is 2. The average molecular weight is 273 g/mol. The summed E-state index contributed by atoms with van der Waals surface area (Å²) in [6.07, 6.45) is 1.46. The fourth-order valence-electron chi connectivity index (χ4n) is 1.48. The van der Waals surface area contributed by atoms with E-state index in [9.17, 15) is 14.9 Å². The fraction of sp³-hybridized carbons (Fsp3) is 0.0833. The number of hydrazone groups is 1. The smallest absolute Gasteiger partial charge is 0.269 e. The van der Waals surface area contributed by atoms with Gasteiger partial charge in [0.1, 0.15) is 0 Å². The first kappa shape index (κ1) is 13.4. The van der Waals surface area contributed by atoms with E-state index in [1.54, 1.807) is 19.1 Å². The normalized spacial score (nSPS) is 10.7. The Hall–Kier alpha value is -3.03. The third kappa shape index (κ3) is 3.48. The molecule has 1 heterocycles. The summed E-state index contributed by atoms with van der Waals surface area (Å²) in [6.45, 7) is 1.69. The van der Waals surface area contributed by atoms with Crippen LogP contribution < -0.4 is 11.0 Å². The van der Waals surface area contributed by atoms with Crippen LogP contribution in [0.3, 0.4) is 0 Å². The number of anilines is 1. The number of nitrogens with one attached hydrogen (secondary N) is 2. The molecule has 0 bridgehead atoms. The largest absolute Gasteiger partial charge is 0.291 e. The Morgan fingerprint density at radius 3 is 2.70 bits per heavy atom. The van der Waals surface area contributed by atoms with Crippen LogP contribution in [-0.4, -0.2) is 21.1 Å². The van der Waals surface area contributed by atoms with Gasteiger partial charge in [0.2, 0.25) is 5.95 Å². The molecule has 0 saturated carbocycles. The van der Waals surface area contributed by atoms with Crippen molar-refractivity contribution in [2.24, 2.45) is 5.10 Å². The Morgan fingerprint density at radius 2 is 2.10 bits per heavy atom. The molecule has 1 aromatic heterocycles. The Kier molecular flexibility index (Phi) is 3.85. The number of nitrogens with zero attached hydrogens (tertiary/aromatic N) is 3. The second-order valence-corrected chi connectivity index (χ2v) is 3.95. The molecule has 2 N–H and O–H groups in total. The second-order valence-electron chi connectivity index (χ2n) is 3.95. The van der Waals surface area contributed by atoms with Crippen LogP contribution in [0, 0.1) is 17.0 Å². The predicted molar refractivity (Wildman–Crippen MR) is 73.9 cm³/mol. The zero-order valence-electron chi connectivity index (χ0n) is 10.5. The third-order valence-corrected chi connectivity index (χ3v) is 2.36. The van der Waals surface area contributed by atoms with Gasteiger partial charge < -0.3 is 0 Å². The van der Waals surface area contributed by atoms with E-state index in [1.165, 1.54) is 24.4 Å². The lowest BCUT2D eigenvalue weighted by molar-refractivity contribution is -0.384. The number of aromatic nitrogens is 2. The Labute approximate surface area is 113 Å². The molecule has 0 amide bonds. The SMILES string of the molecule is Cc1cc(=O)[nH]c(NN=Cc2ccc([N+](=O)[O-])cc2)n1. The van der Waals surface area contributed by atoms with Gasteiger partial charge in [0.15, 0.2) is 0 Å². The van der Waals surface area contributed by atoms with Gasteiger partial charge in [-0.1, -0.05) is 0 Å². The summed E-state index contributed by atoms with van der Waals surface area (Å²) in [5, 5.41) is 14.4. The van der Waals surface area contributed by atoms with Gasteiger partial charge in [-0.15, -0.1) is 0 Å². The van der Waals surface area contributed by atoms with E-state index >= 15 is 0 Å². The zero-order valence-corrected chi connectivity index (χ0v) is 10.5. The highest BCUT2D eigenvalue weighted by Crippen LogP contribution is 2.10. The second kappa shape index (κ2) is 5.74. The molecule has 102 valence electrons. The molecule has 0 unspecified atom stereocenters. The molecule has 0 saturated heterocycles. The van der Waals surface area contributed by atoms with Crippen molar-refractivity contribution in [3.8, 4) is 0 Å². The van der Waals surface area contributed by atoms with Crippen LogP contribution in [0.2, 0.25) is 0 Å². The van der Waals surface area contributed by atoms with Gasteiger partial charge in [-0.3, -0.25) is 19.9 Å². The van der Waals surface area contributed by atoms with Crippen LogP contribution >= 0.6 is 0 Å². The molecule has 20 heavy (non-hydrogen) atoms. The van der Waals surface area contributed by atoms with E-state index in [0.29, 0.717) is 11.3 Å². The topological polar surface area (TPSA) is 113 Å². The first-order valence-corrected chi connectivity index (χ1v) is 5.66. The van der Waals surface area contributed by atoms with Gasteiger partial charge in [-0.05, 0) is 24.6 Å². The standard InChI is InChI=1S/C12H11N5O3/c1-8-6-11(18)15-12(14-8)16-13-7-9-2-4-10(5-3-9)17(19)20/h2-7H,1H3,(H2,14,15,16,18). The van der Waals surface area contributed by atoms with Crippen molar-refractivity contribution < 1.29 is 4.92 Å². The predicted octanol–water partition coefficient (Wildman–Crippen LogP) is 1.43. The van der Waals surface area contributed by atoms with E-state index in [1.807, 2.05) is 0 Å². The maximum Gasteiger partial charge on any atom is 0.269 e. The van der Waals surface area contributed by atoms with Crippen molar-refractivity contribution in [1.82, 2.24) is 9.97 Å². The van der Waals surface area contributed by atoms with Gasteiger partial charge in [0.05, 0.1) is 11.1 Å². The number of non-ortho nitro benzene ring substituents is 1. The number of nitro groups is 1. The maximum absolute atomic E-state index is 11.2. The van der Waals surface area contributed by atoms with E-state index in [-0.39, 0.29) is 17.2 Å². The van der Waals surface area contributed by atoms with E-state index in [0.717, 1.165) is 0 Å². The lowest BCUT2D eigenvalue weighted by atomic mass is 10.2. The first-order valence-electron chi connectivity index (χ1n) is 5.66. The number of nitro benzene ring substituents is 1. The van der Waals surface area contributed by atoms with E-state index in [4.69, 9.17) is 0 Å². The molecule has 2 rings (SSSR count). The molecule has 0 aliphatic heterocycles. The Morgan fingerprint density at radius 1 is 1.40 bits per heavy atom. The zero-order chi connectivity index (χ0) is 14.5. The minimum atomic E-state index is -0.472. The molecule has 0 radical (unpaired) electrons. The summed E-state index contributed by atoms with van der Waals surface area (Å²) in [5.41, 5.74) is 3.57. The lowest BCUT2D eigenvalue weighted by Gasteiger charge is -1.99. The summed E-state index contributed by atoms with van der Waals surface area (Å²) < 4.78 is 0. The number of rotatable bonds is 4. The molecule has 0 fully saturated rings. The number of H-pyrrole nitrogens is 1. The summed E-state index contributed by atoms with van der Waals surface area (Å²) in [5.74, 6) is 0.230. The third-order valence-electron chi connectivity index (χ3n) is 2.36. The van der Waals surface area contributed by atoms with Crippen molar-refractivity contribution in [3.05, 3.63) is 62.1 Å². The molecule has 1 aromatic carbocycles. The lowest BCUT2D eigenvalue weighted by Crippen LogP contribution is -2.10. The Balaban J connectivity index is 2.06. The Bertz CT molecular complexity index is 706. The molecule has 8 nitrogen and oxygen atoms in total. The molecule has 2 aromatic rings. The maximum atomic E-state index is 11.2. The van der Waals surface area contributed by atoms with Gasteiger partial charge in [0, 0.05) is 23.9 Å². The molecular weight excluding hydrogens is 262 g/mol. The summed E-state index contributed by atoms with van der Waals surface area (Å²) in [7, 11) is 0. The van der Waals surface area contributed by atoms with Gasteiger partial charge >= 0.3 is 0 Å². The van der Waals surface area contributed by atoms with Crippen LogP contribution in [0.1, 0.15) is 11.3 Å². The summed E-state index contributed by atoms with van der Waals surface area (Å²) >= 11 is 0. The fourth-order valence-corrected chi connectivity index (χ4v) is 1.48. The van der Waals surface area contributed by atoms with Gasteiger partial charge in [-0.2, -0.15) is 5.10 Å². The highest BCUT2D eigenvalue weighted by atomic mass is 16.6. The summed E-state index contributed by atoms with van der Waals surface area (Å²) in [4.78, 5) is 27.7. The van der Waals surface area contributed by atoms with Crippen LogP contribution in [0.4, 0.5) is 11.6 Å². The number of aryl methyl sites for hydroxylation is 1. The molecular formula is C12H11N5O3. The molecule has 0 spiro atoms. The quantitative estimate of drug-likeness (QED) is 0.497. The average Bonchev–Trinajstić information content (AvgIpc) is 2.38. The number of hydrogen-bond acceptors (Lipinski definition) is 6. The van der Waals surface area contributed by atoms with E-state index in [2.05, 4.69) is 20.5 Å². The van der Waals surface area contributed by atoms with Gasteiger partial charge in [0.25, 0.3) is 11.2 Å². The number of aromatic amines is 1. The van der Waals surface area contributed by atoms with Crippen LogP contribution in [-0.2, 0) is 0 Å². The van der Waals surface area contributed by atoms with Crippen LogP contribution in [0.15, 0.2) is 40.2 Å². The van der Waals surface area contributed by atoms with Crippen molar-refractivity contribution in [2.45, 2.75) is 6.92 Å². The monoisotopic (exact) mass is 273 g/mol. The summed E-state index contributed by atoms with van der Waals surface area (Å²) in [6, 6.07) is 7.26. The molecule has 8 heteroatoms. The minimum Gasteiger partial charge on any atom is -0.291 e. The van der Waals surface area contributed by atoms with Gasteiger partial charge in [-0.25, -0.2) is 10.4 Å². The molecule has 0 atom stereocenters. The molecule has 0 aliphatic rings. The number of benzene rings is 1.